The Hall–Kier alpha value is -3.11. The van der Waals surface area contributed by atoms with Crippen LogP contribution in [0.5, 0.6) is 0 Å². The molecule has 3 aromatic rings. The number of nitrogens with one attached hydrogen (secondary N) is 3. The first-order valence-electron chi connectivity index (χ1n) is 10.8. The van der Waals surface area contributed by atoms with Gasteiger partial charge in [0.15, 0.2) is 11.5 Å². The lowest BCUT2D eigenvalue weighted by Crippen LogP contribution is -2.28. The normalized spacial score (nSPS) is 12.0. The second kappa shape index (κ2) is 11.5. The molecule has 0 unspecified atom stereocenters. The van der Waals surface area contributed by atoms with E-state index in [2.05, 4.69) is 44.7 Å². The summed E-state index contributed by atoms with van der Waals surface area (Å²) in [6, 6.07) is 10.6. The van der Waals surface area contributed by atoms with Gasteiger partial charge in [0.05, 0.1) is 11.1 Å². The number of amides is 2. The molecule has 3 N–H and O–H groups in total. The zero-order chi connectivity index (χ0) is 22.9. The highest BCUT2D eigenvalue weighted by Crippen LogP contribution is 2.20. The molecule has 0 radical (unpaired) electrons. The summed E-state index contributed by atoms with van der Waals surface area (Å²) >= 11 is 0. The van der Waals surface area contributed by atoms with Crippen LogP contribution in [-0.2, 0) is 11.0 Å². The Bertz CT molecular complexity index is 1070. The highest BCUT2D eigenvalue weighted by atomic mass is 32.2. The van der Waals surface area contributed by atoms with Crippen LogP contribution in [0.3, 0.4) is 0 Å². The molecule has 1 aromatic carbocycles. The molecule has 0 aliphatic rings. The number of aromatic nitrogens is 3. The topological polar surface area (TPSA) is 112 Å². The molecular weight excluding hydrogens is 426 g/mol. The number of carbonyl (C=O) groups excluding carboxylic acids is 1. The van der Waals surface area contributed by atoms with Gasteiger partial charge in [-0.3, -0.25) is 5.32 Å². The molecule has 0 saturated carbocycles. The van der Waals surface area contributed by atoms with Gasteiger partial charge in [0.2, 0.25) is 0 Å². The van der Waals surface area contributed by atoms with Crippen molar-refractivity contribution in [2.24, 2.45) is 0 Å². The van der Waals surface area contributed by atoms with Gasteiger partial charge < -0.3 is 10.6 Å². The van der Waals surface area contributed by atoms with E-state index in [0.29, 0.717) is 29.3 Å². The van der Waals surface area contributed by atoms with Crippen LogP contribution in [0.1, 0.15) is 33.6 Å². The summed E-state index contributed by atoms with van der Waals surface area (Å²) < 4.78 is 14.8. The summed E-state index contributed by atoms with van der Waals surface area (Å²) in [5.41, 5.74) is 1.83. The molecule has 2 amide bonds. The van der Waals surface area contributed by atoms with Crippen LogP contribution in [0.25, 0.3) is 11.2 Å². The van der Waals surface area contributed by atoms with Crippen molar-refractivity contribution in [2.45, 2.75) is 38.5 Å². The average Bonchev–Trinajstić information content (AvgIpc) is 2.79. The number of hydrogen-bond acceptors (Lipinski definition) is 6. The van der Waals surface area contributed by atoms with E-state index in [-0.39, 0.29) is 6.03 Å². The minimum atomic E-state index is -1.18. The monoisotopic (exact) mass is 455 g/mol. The molecular formula is C22H29N7O2S. The van der Waals surface area contributed by atoms with Gasteiger partial charge in [-0.05, 0) is 56.2 Å². The maximum Gasteiger partial charge on any atom is 0.320 e. The second-order valence-corrected chi connectivity index (χ2v) is 8.59. The standard InChI is InChI=1S/C22H29N7O2S/c1-4-13-29(14-5-2)32(31)17-9-7-16(8-10-17)25-20-15-24-18-11-12-19(26-21(18)27-20)28-22(30)23-6-3/h7-12,15H,4-6,13-14H2,1-3H3,(H3,23,25,26,27,28,30)/t32-/m1/s1. The van der Waals surface area contributed by atoms with Gasteiger partial charge in [-0.15, -0.1) is 0 Å². The molecule has 0 spiro atoms. The predicted octanol–water partition coefficient (Wildman–Crippen LogP) is 4.05. The van der Waals surface area contributed by atoms with Gasteiger partial charge in [-0.2, -0.15) is 0 Å². The van der Waals surface area contributed by atoms with Crippen molar-refractivity contribution in [1.82, 2.24) is 24.6 Å². The van der Waals surface area contributed by atoms with Crippen molar-refractivity contribution in [2.75, 3.05) is 30.3 Å². The van der Waals surface area contributed by atoms with Crippen LogP contribution < -0.4 is 16.0 Å². The largest absolute Gasteiger partial charge is 0.339 e. The van der Waals surface area contributed by atoms with E-state index in [1.54, 1.807) is 18.3 Å². The average molecular weight is 456 g/mol. The molecule has 0 aliphatic heterocycles. The lowest BCUT2D eigenvalue weighted by molar-refractivity contribution is 0.252. The highest BCUT2D eigenvalue weighted by Gasteiger charge is 2.13. The van der Waals surface area contributed by atoms with Crippen LogP contribution in [0.15, 0.2) is 47.5 Å². The third kappa shape index (κ3) is 6.21. The third-order valence-corrected chi connectivity index (χ3v) is 6.00. The molecule has 0 aliphatic carbocycles. The Balaban J connectivity index is 1.72. The number of hydrogen-bond donors (Lipinski definition) is 3. The maximum absolute atomic E-state index is 12.8. The van der Waals surface area contributed by atoms with Crippen molar-refractivity contribution < 1.29 is 9.00 Å². The molecule has 0 saturated heterocycles. The summed E-state index contributed by atoms with van der Waals surface area (Å²) in [5, 5.41) is 8.52. The van der Waals surface area contributed by atoms with Gasteiger partial charge in [-0.25, -0.2) is 28.3 Å². The Morgan fingerprint density at radius 2 is 1.66 bits per heavy atom. The first-order valence-corrected chi connectivity index (χ1v) is 11.9. The fourth-order valence-electron chi connectivity index (χ4n) is 3.08. The van der Waals surface area contributed by atoms with E-state index in [1.165, 1.54) is 0 Å². The number of nitrogens with zero attached hydrogens (tertiary/aromatic N) is 4. The molecule has 2 heterocycles. The lowest BCUT2D eigenvalue weighted by atomic mass is 10.3. The summed E-state index contributed by atoms with van der Waals surface area (Å²) in [7, 11) is -1.18. The molecule has 32 heavy (non-hydrogen) atoms. The van der Waals surface area contributed by atoms with E-state index < -0.39 is 11.0 Å². The molecule has 2 aromatic heterocycles. The minimum absolute atomic E-state index is 0.324. The highest BCUT2D eigenvalue weighted by molar-refractivity contribution is 7.82. The second-order valence-electron chi connectivity index (χ2n) is 7.11. The van der Waals surface area contributed by atoms with Crippen LogP contribution in [0.4, 0.5) is 22.1 Å². The molecule has 10 heteroatoms. The van der Waals surface area contributed by atoms with Crippen molar-refractivity contribution in [3.05, 3.63) is 42.6 Å². The fraction of sp³-hybridized carbons (Fsp3) is 0.364. The van der Waals surface area contributed by atoms with Gasteiger partial charge in [0.1, 0.15) is 22.3 Å². The Morgan fingerprint density at radius 3 is 2.31 bits per heavy atom. The smallest absolute Gasteiger partial charge is 0.320 e. The van der Waals surface area contributed by atoms with E-state index in [9.17, 15) is 9.00 Å². The zero-order valence-electron chi connectivity index (χ0n) is 18.6. The first kappa shape index (κ1) is 23.6. The van der Waals surface area contributed by atoms with Crippen LogP contribution >= 0.6 is 0 Å². The predicted molar refractivity (Wildman–Crippen MR) is 128 cm³/mol. The molecule has 0 bridgehead atoms. The number of fused-ring (bicyclic) bond motifs is 1. The molecule has 9 nitrogen and oxygen atoms in total. The van der Waals surface area contributed by atoms with Crippen molar-refractivity contribution in [3.8, 4) is 0 Å². The van der Waals surface area contributed by atoms with E-state index in [4.69, 9.17) is 0 Å². The maximum atomic E-state index is 12.8. The van der Waals surface area contributed by atoms with E-state index >= 15 is 0 Å². The SMILES string of the molecule is CCCN(CCC)[S@](=O)c1ccc(Nc2cnc3ccc(NC(=O)NCC)nc3n2)cc1. The Labute approximate surface area is 190 Å². The van der Waals surface area contributed by atoms with Gasteiger partial charge in [0.25, 0.3) is 0 Å². The number of carbonyl (C=O) groups is 1. The van der Waals surface area contributed by atoms with Crippen molar-refractivity contribution in [1.29, 1.82) is 0 Å². The lowest BCUT2D eigenvalue weighted by Gasteiger charge is -2.19. The van der Waals surface area contributed by atoms with Crippen molar-refractivity contribution >= 4 is 45.5 Å². The number of pyridine rings is 1. The van der Waals surface area contributed by atoms with Gasteiger partial charge in [0, 0.05) is 25.3 Å². The van der Waals surface area contributed by atoms with Crippen LogP contribution in [0.2, 0.25) is 0 Å². The number of urea groups is 1. The Kier molecular flexibility index (Phi) is 8.46. The summed E-state index contributed by atoms with van der Waals surface area (Å²) in [5.74, 6) is 0.915. The van der Waals surface area contributed by atoms with E-state index in [1.807, 2.05) is 35.5 Å². The summed E-state index contributed by atoms with van der Waals surface area (Å²) in [6.45, 7) is 8.15. The fourth-order valence-corrected chi connectivity index (χ4v) is 4.44. The number of rotatable bonds is 10. The Morgan fingerprint density at radius 1 is 0.969 bits per heavy atom. The number of anilines is 3. The molecule has 1 atom stereocenters. The van der Waals surface area contributed by atoms with Gasteiger partial charge >= 0.3 is 6.03 Å². The minimum Gasteiger partial charge on any atom is -0.339 e. The first-order chi connectivity index (χ1) is 15.5. The molecule has 170 valence electrons. The molecule has 0 fully saturated rings. The molecule has 3 rings (SSSR count). The van der Waals surface area contributed by atoms with E-state index in [0.717, 1.165) is 36.5 Å². The van der Waals surface area contributed by atoms with Crippen molar-refractivity contribution in [3.63, 3.8) is 0 Å². The summed E-state index contributed by atoms with van der Waals surface area (Å²) in [6.07, 6.45) is 3.54. The third-order valence-electron chi connectivity index (χ3n) is 4.49. The van der Waals surface area contributed by atoms with Gasteiger partial charge in [-0.1, -0.05) is 13.8 Å². The number of benzene rings is 1. The quantitative estimate of drug-likeness (QED) is 0.425. The zero-order valence-corrected chi connectivity index (χ0v) is 19.4. The van der Waals surface area contributed by atoms with Crippen LogP contribution in [0, 0.1) is 0 Å². The summed E-state index contributed by atoms with van der Waals surface area (Å²) in [4.78, 5) is 25.7. The van der Waals surface area contributed by atoms with Crippen LogP contribution in [-0.4, -0.2) is 49.1 Å².